The molecule has 2 aromatic carbocycles. The summed E-state index contributed by atoms with van der Waals surface area (Å²) in [5.41, 5.74) is 3.39. The van der Waals surface area contributed by atoms with E-state index < -0.39 is 0 Å². The fourth-order valence-corrected chi connectivity index (χ4v) is 5.40. The van der Waals surface area contributed by atoms with Crippen molar-refractivity contribution in [1.29, 1.82) is 0 Å². The van der Waals surface area contributed by atoms with Crippen LogP contribution in [0.3, 0.4) is 0 Å². The molecule has 33 heavy (non-hydrogen) atoms. The van der Waals surface area contributed by atoms with Gasteiger partial charge in [0.05, 0.1) is 22.0 Å². The third-order valence-electron chi connectivity index (χ3n) is 5.87. The Balaban J connectivity index is 1.32. The molecular formula is C24H23ClFN5OS. The van der Waals surface area contributed by atoms with Gasteiger partial charge in [0.15, 0.2) is 10.8 Å². The molecule has 9 heteroatoms. The Bertz CT molecular complexity index is 1300. The quantitative estimate of drug-likeness (QED) is 0.428. The number of rotatable bonds is 5. The fraction of sp³-hybridized carbons (Fsp3) is 0.292. The van der Waals surface area contributed by atoms with E-state index in [4.69, 9.17) is 16.6 Å². The van der Waals surface area contributed by atoms with Gasteiger partial charge in [0.25, 0.3) is 0 Å². The van der Waals surface area contributed by atoms with E-state index in [2.05, 4.69) is 15.3 Å². The smallest absolute Gasteiger partial charge is 0.225 e. The van der Waals surface area contributed by atoms with Crippen LogP contribution in [-0.2, 0) is 11.3 Å². The third-order valence-corrected chi connectivity index (χ3v) is 7.32. The number of nitrogens with one attached hydrogen (secondary N) is 1. The summed E-state index contributed by atoms with van der Waals surface area (Å²) in [4.78, 5) is 19.9. The van der Waals surface area contributed by atoms with Crippen molar-refractivity contribution in [1.82, 2.24) is 20.1 Å². The van der Waals surface area contributed by atoms with Crippen LogP contribution in [0.5, 0.6) is 0 Å². The second-order valence-corrected chi connectivity index (χ2v) is 9.67. The molecule has 5 rings (SSSR count). The summed E-state index contributed by atoms with van der Waals surface area (Å²) >= 11 is 7.63. The molecule has 6 nitrogen and oxygen atoms in total. The maximum atomic E-state index is 13.4. The van der Waals surface area contributed by atoms with Gasteiger partial charge >= 0.3 is 0 Å². The minimum atomic E-state index is -0.286. The molecule has 0 aliphatic carbocycles. The van der Waals surface area contributed by atoms with Gasteiger partial charge in [-0.1, -0.05) is 35.1 Å². The lowest BCUT2D eigenvalue weighted by molar-refractivity contribution is -0.125. The number of carbonyl (C=O) groups is 1. The van der Waals surface area contributed by atoms with Crippen LogP contribution in [-0.4, -0.2) is 33.8 Å². The third kappa shape index (κ3) is 4.58. The lowest BCUT2D eigenvalue weighted by Gasteiger charge is -2.31. The van der Waals surface area contributed by atoms with Gasteiger partial charge in [-0.05, 0) is 61.7 Å². The molecule has 1 unspecified atom stereocenters. The zero-order valence-electron chi connectivity index (χ0n) is 18.1. The average molecular weight is 484 g/mol. The van der Waals surface area contributed by atoms with E-state index in [1.54, 1.807) is 28.2 Å². The number of anilines is 1. The average Bonchev–Trinajstić information content (AvgIpc) is 3.39. The van der Waals surface area contributed by atoms with Gasteiger partial charge < -0.3 is 10.2 Å². The van der Waals surface area contributed by atoms with Crippen LogP contribution in [0.4, 0.5) is 9.52 Å². The number of aryl methyl sites for hydroxylation is 1. The Labute approximate surface area is 200 Å². The molecule has 0 radical (unpaired) electrons. The summed E-state index contributed by atoms with van der Waals surface area (Å²) < 4.78 is 16.1. The minimum Gasteiger partial charge on any atom is -0.352 e. The van der Waals surface area contributed by atoms with Crippen molar-refractivity contribution < 1.29 is 9.18 Å². The van der Waals surface area contributed by atoms with Crippen LogP contribution < -0.4 is 10.2 Å². The molecule has 3 heterocycles. The number of benzene rings is 2. The summed E-state index contributed by atoms with van der Waals surface area (Å²) in [7, 11) is 0. The topological polar surface area (TPSA) is 63.1 Å². The Hall–Kier alpha value is -2.97. The van der Waals surface area contributed by atoms with E-state index in [1.165, 1.54) is 12.1 Å². The molecular weight excluding hydrogens is 461 g/mol. The van der Waals surface area contributed by atoms with Gasteiger partial charge in [-0.3, -0.25) is 4.79 Å². The Kier molecular flexibility index (Phi) is 6.03. The number of aromatic nitrogens is 3. The maximum absolute atomic E-state index is 13.4. The number of hydrogen-bond donors (Lipinski definition) is 1. The fourth-order valence-electron chi connectivity index (χ4n) is 4.17. The van der Waals surface area contributed by atoms with Gasteiger partial charge in [-0.25, -0.2) is 9.07 Å². The highest BCUT2D eigenvalue weighted by Gasteiger charge is 2.28. The summed E-state index contributed by atoms with van der Waals surface area (Å²) in [5.74, 6) is -0.333. The van der Waals surface area contributed by atoms with E-state index in [9.17, 15) is 9.18 Å². The van der Waals surface area contributed by atoms with Gasteiger partial charge in [0.1, 0.15) is 5.82 Å². The molecule has 0 spiro atoms. The summed E-state index contributed by atoms with van der Waals surface area (Å²) in [6.07, 6.45) is 1.78. The molecule has 0 bridgehead atoms. The van der Waals surface area contributed by atoms with E-state index >= 15 is 0 Å². The number of piperidine rings is 1. The molecule has 1 atom stereocenters. The van der Waals surface area contributed by atoms with Crippen molar-refractivity contribution in [3.63, 3.8) is 0 Å². The largest absolute Gasteiger partial charge is 0.352 e. The first kappa shape index (κ1) is 21.9. The van der Waals surface area contributed by atoms with E-state index in [-0.39, 0.29) is 17.6 Å². The van der Waals surface area contributed by atoms with Crippen LogP contribution in [0.25, 0.3) is 16.0 Å². The second kappa shape index (κ2) is 9.11. The molecule has 1 fully saturated rings. The summed E-state index contributed by atoms with van der Waals surface area (Å²) in [6, 6.07) is 13.7. The van der Waals surface area contributed by atoms with Gasteiger partial charge in [-0.2, -0.15) is 10.1 Å². The Morgan fingerprint density at radius 1 is 1.27 bits per heavy atom. The minimum absolute atomic E-state index is 0.0504. The van der Waals surface area contributed by atoms with Crippen LogP contribution in [0.15, 0.2) is 48.5 Å². The maximum Gasteiger partial charge on any atom is 0.225 e. The predicted molar refractivity (Wildman–Crippen MR) is 130 cm³/mol. The van der Waals surface area contributed by atoms with Crippen molar-refractivity contribution in [2.45, 2.75) is 26.3 Å². The van der Waals surface area contributed by atoms with Crippen molar-refractivity contribution in [2.24, 2.45) is 5.92 Å². The molecule has 1 aliphatic rings. The number of fused-ring (bicyclic) bond motifs is 1. The van der Waals surface area contributed by atoms with Crippen LogP contribution in [0, 0.1) is 18.7 Å². The summed E-state index contributed by atoms with van der Waals surface area (Å²) in [6.45, 7) is 3.90. The highest BCUT2D eigenvalue weighted by atomic mass is 35.5. The van der Waals surface area contributed by atoms with Crippen molar-refractivity contribution in [3.05, 3.63) is 70.6 Å². The zero-order chi connectivity index (χ0) is 22.9. The number of carbonyl (C=O) groups excluding carboxylic acids is 1. The Morgan fingerprint density at radius 3 is 2.88 bits per heavy atom. The van der Waals surface area contributed by atoms with Crippen LogP contribution in [0.1, 0.15) is 24.1 Å². The van der Waals surface area contributed by atoms with Crippen LogP contribution in [0.2, 0.25) is 5.02 Å². The molecule has 1 saturated heterocycles. The number of nitrogens with zero attached hydrogens (tertiary/aromatic N) is 4. The lowest BCUT2D eigenvalue weighted by Crippen LogP contribution is -2.43. The molecule has 1 amide bonds. The molecule has 170 valence electrons. The first-order valence-corrected chi connectivity index (χ1v) is 12.1. The predicted octanol–water partition coefficient (Wildman–Crippen LogP) is 5.12. The zero-order valence-corrected chi connectivity index (χ0v) is 19.7. The molecule has 4 aromatic rings. The highest BCUT2D eigenvalue weighted by molar-refractivity contribution is 7.22. The van der Waals surface area contributed by atoms with E-state index in [0.717, 1.165) is 51.8 Å². The van der Waals surface area contributed by atoms with Gasteiger partial charge in [0.2, 0.25) is 5.91 Å². The molecule has 1 N–H and O–H groups in total. The lowest BCUT2D eigenvalue weighted by atomic mass is 9.97. The first-order valence-electron chi connectivity index (χ1n) is 10.9. The Morgan fingerprint density at radius 2 is 2.09 bits per heavy atom. The number of hydrogen-bond acceptors (Lipinski definition) is 5. The molecule has 0 saturated carbocycles. The highest BCUT2D eigenvalue weighted by Crippen LogP contribution is 2.34. The van der Waals surface area contributed by atoms with E-state index in [0.29, 0.717) is 18.1 Å². The first-order chi connectivity index (χ1) is 16.0. The number of thiazole rings is 1. The van der Waals surface area contributed by atoms with Crippen molar-refractivity contribution in [2.75, 3.05) is 18.0 Å². The SMILES string of the molecule is Cc1nn(-c2ccc(F)cc2)c2nc(N3CCCC(C(=O)NCc4cccc(Cl)c4)C3)sc12. The van der Waals surface area contributed by atoms with Crippen molar-refractivity contribution >= 4 is 44.3 Å². The standard InChI is InChI=1S/C24H23ClFN5OS/c1-15-21-22(31(29-15)20-9-7-19(26)8-10-20)28-24(33-21)30-11-3-5-17(14-30)23(32)27-13-16-4-2-6-18(25)12-16/h2,4,6-10,12,17H,3,5,11,13-14H2,1H3,(H,27,32). The number of halogens is 2. The van der Waals surface area contributed by atoms with Gasteiger partial charge in [-0.15, -0.1) is 0 Å². The second-order valence-electron chi connectivity index (χ2n) is 8.26. The normalized spacial score (nSPS) is 16.3. The van der Waals surface area contributed by atoms with Gasteiger partial charge in [0, 0.05) is 24.7 Å². The molecule has 2 aromatic heterocycles. The van der Waals surface area contributed by atoms with Crippen LogP contribution >= 0.6 is 22.9 Å². The number of amides is 1. The monoisotopic (exact) mass is 483 g/mol. The van der Waals surface area contributed by atoms with Crippen molar-refractivity contribution in [3.8, 4) is 5.69 Å². The molecule has 1 aliphatic heterocycles. The summed E-state index contributed by atoms with van der Waals surface area (Å²) in [5, 5.41) is 9.18. The van der Waals surface area contributed by atoms with E-state index in [1.807, 2.05) is 31.2 Å².